The molecule has 3 nitrogen and oxygen atoms in total. The molecule has 0 aromatic rings. The van der Waals surface area contributed by atoms with Crippen LogP contribution in [-0.4, -0.2) is 31.6 Å². The third-order valence-electron chi connectivity index (χ3n) is 3.22. The SMILES string of the molecule is CCC(CC)(CO)CCS(=O)(=O)CC. The van der Waals surface area contributed by atoms with E-state index in [9.17, 15) is 13.5 Å². The van der Waals surface area contributed by atoms with Gasteiger partial charge in [0.05, 0.1) is 5.75 Å². The molecule has 0 saturated heterocycles. The van der Waals surface area contributed by atoms with Crippen LogP contribution in [0.1, 0.15) is 40.0 Å². The van der Waals surface area contributed by atoms with Crippen molar-refractivity contribution >= 4 is 9.84 Å². The number of aliphatic hydroxyl groups excluding tert-OH is 1. The van der Waals surface area contributed by atoms with Gasteiger partial charge < -0.3 is 5.11 Å². The number of rotatable bonds is 7. The lowest BCUT2D eigenvalue weighted by molar-refractivity contribution is 0.111. The first-order chi connectivity index (χ1) is 6.45. The molecule has 86 valence electrons. The predicted octanol–water partition coefficient (Wildman–Crippen LogP) is 1.61. The lowest BCUT2D eigenvalue weighted by Gasteiger charge is -2.29. The molecule has 0 atom stereocenters. The highest BCUT2D eigenvalue weighted by atomic mass is 32.2. The molecule has 0 aliphatic carbocycles. The highest BCUT2D eigenvalue weighted by Crippen LogP contribution is 2.30. The molecule has 0 aliphatic rings. The third-order valence-corrected chi connectivity index (χ3v) is 4.92. The van der Waals surface area contributed by atoms with Crippen LogP contribution in [0.5, 0.6) is 0 Å². The van der Waals surface area contributed by atoms with Crippen molar-refractivity contribution in [3.8, 4) is 0 Å². The first kappa shape index (κ1) is 13.9. The van der Waals surface area contributed by atoms with E-state index in [0.29, 0.717) is 6.42 Å². The lowest BCUT2D eigenvalue weighted by Crippen LogP contribution is -2.27. The minimum Gasteiger partial charge on any atom is -0.396 e. The Labute approximate surface area is 87.4 Å². The molecular weight excluding hydrogens is 200 g/mol. The lowest BCUT2D eigenvalue weighted by atomic mass is 9.81. The minimum absolute atomic E-state index is 0.0826. The van der Waals surface area contributed by atoms with E-state index in [-0.39, 0.29) is 23.5 Å². The molecule has 0 aliphatic heterocycles. The van der Waals surface area contributed by atoms with Crippen molar-refractivity contribution < 1.29 is 13.5 Å². The Kier molecular flexibility index (Phi) is 5.67. The van der Waals surface area contributed by atoms with Crippen LogP contribution < -0.4 is 0 Å². The quantitative estimate of drug-likeness (QED) is 0.712. The summed E-state index contributed by atoms with van der Waals surface area (Å²) in [4.78, 5) is 0. The van der Waals surface area contributed by atoms with Crippen LogP contribution in [0.4, 0.5) is 0 Å². The summed E-state index contributed by atoms with van der Waals surface area (Å²) in [5.41, 5.74) is -0.192. The molecule has 0 spiro atoms. The average molecular weight is 222 g/mol. The molecule has 0 bridgehead atoms. The van der Waals surface area contributed by atoms with E-state index >= 15 is 0 Å². The molecule has 0 rings (SSSR count). The Morgan fingerprint density at radius 2 is 1.64 bits per heavy atom. The van der Waals surface area contributed by atoms with Crippen molar-refractivity contribution in [2.75, 3.05) is 18.1 Å². The number of aliphatic hydroxyl groups is 1. The smallest absolute Gasteiger partial charge is 0.150 e. The van der Waals surface area contributed by atoms with Crippen LogP contribution in [0.15, 0.2) is 0 Å². The summed E-state index contributed by atoms with van der Waals surface area (Å²) in [6, 6.07) is 0. The number of sulfone groups is 1. The molecule has 0 aromatic carbocycles. The van der Waals surface area contributed by atoms with Crippen LogP contribution in [-0.2, 0) is 9.84 Å². The molecule has 0 amide bonds. The van der Waals surface area contributed by atoms with Gasteiger partial charge in [-0.15, -0.1) is 0 Å². The van der Waals surface area contributed by atoms with Gasteiger partial charge in [0, 0.05) is 12.4 Å². The zero-order valence-electron chi connectivity index (χ0n) is 9.41. The van der Waals surface area contributed by atoms with Crippen LogP contribution >= 0.6 is 0 Å². The Bertz CT molecular complexity index is 232. The van der Waals surface area contributed by atoms with Crippen LogP contribution in [0.2, 0.25) is 0 Å². The standard InChI is InChI=1S/C10H22O3S/c1-4-10(5-2,9-11)7-8-14(12,13)6-3/h11H,4-9H2,1-3H3. The maximum atomic E-state index is 11.3. The van der Waals surface area contributed by atoms with Crippen LogP contribution in [0.25, 0.3) is 0 Å². The maximum Gasteiger partial charge on any atom is 0.150 e. The van der Waals surface area contributed by atoms with E-state index in [2.05, 4.69) is 0 Å². The summed E-state index contributed by atoms with van der Waals surface area (Å²) in [5, 5.41) is 9.25. The average Bonchev–Trinajstić information content (AvgIpc) is 2.21. The largest absolute Gasteiger partial charge is 0.396 e. The summed E-state index contributed by atoms with van der Waals surface area (Å²) in [6.07, 6.45) is 2.24. The normalized spacial score (nSPS) is 13.1. The van der Waals surface area contributed by atoms with E-state index in [1.165, 1.54) is 0 Å². The van der Waals surface area contributed by atoms with Gasteiger partial charge in [0.1, 0.15) is 9.84 Å². The molecule has 14 heavy (non-hydrogen) atoms. The van der Waals surface area contributed by atoms with Crippen molar-refractivity contribution in [2.45, 2.75) is 40.0 Å². The van der Waals surface area contributed by atoms with Gasteiger partial charge >= 0.3 is 0 Å². The molecule has 0 fully saturated rings. The zero-order chi connectivity index (χ0) is 11.2. The summed E-state index contributed by atoms with van der Waals surface area (Å²) in [5.74, 6) is 0.397. The van der Waals surface area contributed by atoms with Gasteiger partial charge in [-0.2, -0.15) is 0 Å². The van der Waals surface area contributed by atoms with Crippen molar-refractivity contribution in [3.63, 3.8) is 0 Å². The first-order valence-electron chi connectivity index (χ1n) is 5.26. The highest BCUT2D eigenvalue weighted by Gasteiger charge is 2.26. The Balaban J connectivity index is 4.34. The zero-order valence-corrected chi connectivity index (χ0v) is 10.2. The summed E-state index contributed by atoms with van der Waals surface area (Å²) >= 11 is 0. The Morgan fingerprint density at radius 1 is 1.14 bits per heavy atom. The second-order valence-corrected chi connectivity index (χ2v) is 6.32. The topological polar surface area (TPSA) is 54.4 Å². The van der Waals surface area contributed by atoms with Crippen molar-refractivity contribution in [1.82, 2.24) is 0 Å². The van der Waals surface area contributed by atoms with E-state index in [4.69, 9.17) is 0 Å². The second-order valence-electron chi connectivity index (χ2n) is 3.85. The molecule has 0 unspecified atom stereocenters. The van der Waals surface area contributed by atoms with E-state index in [1.807, 2.05) is 13.8 Å². The summed E-state index contributed by atoms with van der Waals surface area (Å²) < 4.78 is 22.6. The monoisotopic (exact) mass is 222 g/mol. The highest BCUT2D eigenvalue weighted by molar-refractivity contribution is 7.91. The number of hydrogen-bond donors (Lipinski definition) is 1. The van der Waals surface area contributed by atoms with E-state index in [1.54, 1.807) is 6.92 Å². The van der Waals surface area contributed by atoms with Gasteiger partial charge in [0.25, 0.3) is 0 Å². The second kappa shape index (κ2) is 5.71. The molecular formula is C10H22O3S. The van der Waals surface area contributed by atoms with E-state index in [0.717, 1.165) is 12.8 Å². The fourth-order valence-corrected chi connectivity index (χ4v) is 2.46. The third kappa shape index (κ3) is 3.96. The first-order valence-corrected chi connectivity index (χ1v) is 7.08. The predicted molar refractivity (Wildman–Crippen MR) is 59.0 cm³/mol. The van der Waals surface area contributed by atoms with Gasteiger partial charge in [0.2, 0.25) is 0 Å². The van der Waals surface area contributed by atoms with Gasteiger partial charge in [-0.3, -0.25) is 0 Å². The molecule has 1 N–H and O–H groups in total. The number of hydrogen-bond acceptors (Lipinski definition) is 3. The van der Waals surface area contributed by atoms with E-state index < -0.39 is 9.84 Å². The Hall–Kier alpha value is -0.0900. The van der Waals surface area contributed by atoms with Crippen LogP contribution in [0, 0.1) is 5.41 Å². The molecule has 0 heterocycles. The van der Waals surface area contributed by atoms with Gasteiger partial charge in [-0.25, -0.2) is 8.42 Å². The molecule has 0 radical (unpaired) electrons. The Morgan fingerprint density at radius 3 is 1.93 bits per heavy atom. The van der Waals surface area contributed by atoms with Crippen molar-refractivity contribution in [1.29, 1.82) is 0 Å². The van der Waals surface area contributed by atoms with Crippen molar-refractivity contribution in [3.05, 3.63) is 0 Å². The maximum absolute atomic E-state index is 11.3. The summed E-state index contributed by atoms with van der Waals surface area (Å²) in [7, 11) is -2.89. The summed E-state index contributed by atoms with van der Waals surface area (Å²) in [6.45, 7) is 5.74. The molecule has 0 saturated carbocycles. The minimum atomic E-state index is -2.89. The molecule has 4 heteroatoms. The molecule has 0 aromatic heterocycles. The van der Waals surface area contributed by atoms with Gasteiger partial charge in [-0.05, 0) is 24.7 Å². The van der Waals surface area contributed by atoms with Crippen LogP contribution in [0.3, 0.4) is 0 Å². The van der Waals surface area contributed by atoms with Gasteiger partial charge in [-0.1, -0.05) is 20.8 Å². The van der Waals surface area contributed by atoms with Crippen molar-refractivity contribution in [2.24, 2.45) is 5.41 Å². The van der Waals surface area contributed by atoms with Gasteiger partial charge in [0.15, 0.2) is 0 Å². The fourth-order valence-electron chi connectivity index (χ4n) is 1.42. The fraction of sp³-hybridized carbons (Fsp3) is 1.00.